The summed E-state index contributed by atoms with van der Waals surface area (Å²) in [5.74, 6) is -0.908. The molecule has 2 atom stereocenters. The number of amides is 2. The molecule has 0 aromatic heterocycles. The predicted octanol–water partition coefficient (Wildman–Crippen LogP) is 2.44. The van der Waals surface area contributed by atoms with Gasteiger partial charge in [0.2, 0.25) is 5.91 Å². The largest absolute Gasteiger partial charge is 0.444 e. The van der Waals surface area contributed by atoms with E-state index < -0.39 is 35.6 Å². The lowest BCUT2D eigenvalue weighted by molar-refractivity contribution is -0.120. The summed E-state index contributed by atoms with van der Waals surface area (Å²) in [6, 6.07) is 3.52. The maximum atomic E-state index is 13.6. The molecule has 132 valence electrons. The monoisotopic (exact) mass is 338 g/mol. The third-order valence-corrected chi connectivity index (χ3v) is 3.74. The Morgan fingerprint density at radius 3 is 2.67 bits per heavy atom. The minimum atomic E-state index is -0.863. The van der Waals surface area contributed by atoms with Gasteiger partial charge in [-0.1, -0.05) is 6.07 Å². The molecule has 1 aromatic rings. The number of β-amino-alcohol motifs (C(OH)–C–C–N with tert-alkyl or cyclic N) is 1. The number of aliphatic hydroxyl groups excluding tert-OH is 1. The van der Waals surface area contributed by atoms with Crippen molar-refractivity contribution in [2.24, 2.45) is 0 Å². The highest BCUT2D eigenvalue weighted by molar-refractivity contribution is 5.97. The molecular formula is C17H23FN2O4. The molecule has 1 unspecified atom stereocenters. The van der Waals surface area contributed by atoms with Crippen LogP contribution in [0.3, 0.4) is 0 Å². The van der Waals surface area contributed by atoms with Crippen LogP contribution in [0.4, 0.5) is 14.9 Å². The molecule has 0 bridgehead atoms. The Hall–Kier alpha value is -2.15. The van der Waals surface area contributed by atoms with Gasteiger partial charge in [0.25, 0.3) is 0 Å². The van der Waals surface area contributed by atoms with Gasteiger partial charge >= 0.3 is 6.09 Å². The van der Waals surface area contributed by atoms with Crippen LogP contribution in [-0.4, -0.2) is 46.3 Å². The zero-order valence-electron chi connectivity index (χ0n) is 14.3. The molecule has 6 nitrogen and oxygen atoms in total. The number of halogens is 1. The van der Waals surface area contributed by atoms with Gasteiger partial charge in [-0.2, -0.15) is 0 Å². The van der Waals surface area contributed by atoms with Crippen molar-refractivity contribution in [3.05, 3.63) is 29.6 Å². The molecule has 1 heterocycles. The molecule has 2 amide bonds. The maximum absolute atomic E-state index is 13.6. The van der Waals surface area contributed by atoms with E-state index in [4.69, 9.17) is 4.74 Å². The third-order valence-electron chi connectivity index (χ3n) is 3.74. The van der Waals surface area contributed by atoms with Gasteiger partial charge in [-0.3, -0.25) is 9.69 Å². The summed E-state index contributed by atoms with van der Waals surface area (Å²) in [4.78, 5) is 26.0. The number of aliphatic hydroxyl groups is 1. The van der Waals surface area contributed by atoms with Crippen molar-refractivity contribution in [1.82, 2.24) is 4.90 Å². The van der Waals surface area contributed by atoms with Crippen molar-refractivity contribution in [1.29, 1.82) is 0 Å². The second-order valence-corrected chi connectivity index (χ2v) is 6.94. The first-order chi connectivity index (χ1) is 11.1. The Balaban J connectivity index is 2.14. The molecule has 1 aliphatic heterocycles. The van der Waals surface area contributed by atoms with Crippen LogP contribution in [0, 0.1) is 12.7 Å². The summed E-state index contributed by atoms with van der Waals surface area (Å²) in [7, 11) is 0. The molecule has 1 aliphatic rings. The molecule has 1 fully saturated rings. The fourth-order valence-corrected chi connectivity index (χ4v) is 2.54. The molecule has 1 aromatic carbocycles. The van der Waals surface area contributed by atoms with Crippen molar-refractivity contribution in [2.45, 2.75) is 51.9 Å². The second kappa shape index (κ2) is 6.76. The van der Waals surface area contributed by atoms with Crippen LogP contribution in [0.5, 0.6) is 0 Å². The molecule has 2 rings (SSSR count). The SMILES string of the molecule is Cc1c(F)cccc1NC(=O)[C@@H]1CC(O)CN1C(=O)OC(C)(C)C. The Labute approximate surface area is 140 Å². The summed E-state index contributed by atoms with van der Waals surface area (Å²) < 4.78 is 18.9. The Kier molecular flexibility index (Phi) is 5.13. The molecule has 0 radical (unpaired) electrons. The summed E-state index contributed by atoms with van der Waals surface area (Å²) >= 11 is 0. The van der Waals surface area contributed by atoms with Gasteiger partial charge in [-0.25, -0.2) is 9.18 Å². The van der Waals surface area contributed by atoms with Crippen LogP contribution in [0.2, 0.25) is 0 Å². The van der Waals surface area contributed by atoms with E-state index in [1.807, 2.05) is 0 Å². The van der Waals surface area contributed by atoms with Crippen LogP contribution >= 0.6 is 0 Å². The van der Waals surface area contributed by atoms with E-state index in [1.165, 1.54) is 17.0 Å². The van der Waals surface area contributed by atoms with E-state index in [-0.39, 0.29) is 13.0 Å². The minimum Gasteiger partial charge on any atom is -0.444 e. The maximum Gasteiger partial charge on any atom is 0.411 e. The van der Waals surface area contributed by atoms with Gasteiger partial charge < -0.3 is 15.2 Å². The van der Waals surface area contributed by atoms with E-state index in [0.717, 1.165) is 0 Å². The second-order valence-electron chi connectivity index (χ2n) is 6.94. The number of nitrogens with one attached hydrogen (secondary N) is 1. The van der Waals surface area contributed by atoms with E-state index in [0.29, 0.717) is 11.3 Å². The highest BCUT2D eigenvalue weighted by Gasteiger charge is 2.41. The lowest BCUT2D eigenvalue weighted by atomic mass is 10.1. The fourth-order valence-electron chi connectivity index (χ4n) is 2.54. The zero-order valence-corrected chi connectivity index (χ0v) is 14.3. The quantitative estimate of drug-likeness (QED) is 0.868. The number of hydrogen-bond donors (Lipinski definition) is 2. The molecule has 7 heteroatoms. The molecule has 0 spiro atoms. The summed E-state index contributed by atoms with van der Waals surface area (Å²) in [5, 5.41) is 12.5. The Bertz CT molecular complexity index is 642. The number of likely N-dealkylation sites (tertiary alicyclic amines) is 1. The molecule has 24 heavy (non-hydrogen) atoms. The normalized spacial score (nSPS) is 20.8. The average Bonchev–Trinajstić information content (AvgIpc) is 2.84. The fraction of sp³-hybridized carbons (Fsp3) is 0.529. The number of rotatable bonds is 2. The number of hydrogen-bond acceptors (Lipinski definition) is 4. The van der Waals surface area contributed by atoms with E-state index in [9.17, 15) is 19.1 Å². The van der Waals surface area contributed by atoms with Gasteiger partial charge in [0.15, 0.2) is 0 Å². The van der Waals surface area contributed by atoms with Crippen LogP contribution in [0.1, 0.15) is 32.8 Å². The summed E-state index contributed by atoms with van der Waals surface area (Å²) in [6.07, 6.45) is -1.35. The van der Waals surface area contributed by atoms with Crippen LogP contribution in [0.15, 0.2) is 18.2 Å². The van der Waals surface area contributed by atoms with Gasteiger partial charge in [0.1, 0.15) is 17.5 Å². The number of benzene rings is 1. The van der Waals surface area contributed by atoms with Crippen LogP contribution in [-0.2, 0) is 9.53 Å². The van der Waals surface area contributed by atoms with Crippen molar-refractivity contribution in [3.8, 4) is 0 Å². The first-order valence-electron chi connectivity index (χ1n) is 7.82. The molecule has 0 saturated carbocycles. The first kappa shape index (κ1) is 18.2. The highest BCUT2D eigenvalue weighted by atomic mass is 19.1. The van der Waals surface area contributed by atoms with E-state index in [1.54, 1.807) is 33.8 Å². The van der Waals surface area contributed by atoms with Crippen molar-refractivity contribution in [3.63, 3.8) is 0 Å². The van der Waals surface area contributed by atoms with E-state index in [2.05, 4.69) is 5.32 Å². The standard InChI is InChI=1S/C17H23FN2O4/c1-10-12(18)6-5-7-13(10)19-15(22)14-8-11(21)9-20(14)16(23)24-17(2,3)4/h5-7,11,14,21H,8-9H2,1-4H3,(H,19,22)/t11?,14-/m0/s1. The van der Waals surface area contributed by atoms with Gasteiger partial charge in [0, 0.05) is 17.7 Å². The number of anilines is 1. The molecular weight excluding hydrogens is 315 g/mol. The highest BCUT2D eigenvalue weighted by Crippen LogP contribution is 2.24. The summed E-state index contributed by atoms with van der Waals surface area (Å²) in [6.45, 7) is 6.75. The number of carbonyl (C=O) groups excluding carboxylic acids is 2. The first-order valence-corrected chi connectivity index (χ1v) is 7.82. The minimum absolute atomic E-state index is 0.0229. The topological polar surface area (TPSA) is 78.9 Å². The Morgan fingerprint density at radius 2 is 2.04 bits per heavy atom. The predicted molar refractivity (Wildman–Crippen MR) is 87.1 cm³/mol. The Morgan fingerprint density at radius 1 is 1.38 bits per heavy atom. The number of carbonyl (C=O) groups is 2. The van der Waals surface area contributed by atoms with Gasteiger partial charge in [0.05, 0.1) is 12.6 Å². The lowest BCUT2D eigenvalue weighted by Crippen LogP contribution is -2.45. The zero-order chi connectivity index (χ0) is 18.1. The lowest BCUT2D eigenvalue weighted by Gasteiger charge is -2.28. The van der Waals surface area contributed by atoms with Crippen molar-refractivity contribution in [2.75, 3.05) is 11.9 Å². The number of nitrogens with zero attached hydrogens (tertiary/aromatic N) is 1. The molecule has 0 aliphatic carbocycles. The van der Waals surface area contributed by atoms with Crippen molar-refractivity contribution < 1.29 is 23.8 Å². The average molecular weight is 338 g/mol. The third kappa shape index (κ3) is 4.23. The van der Waals surface area contributed by atoms with Crippen LogP contribution in [0.25, 0.3) is 0 Å². The van der Waals surface area contributed by atoms with Gasteiger partial charge in [-0.15, -0.1) is 0 Å². The molecule has 2 N–H and O–H groups in total. The van der Waals surface area contributed by atoms with Gasteiger partial charge in [-0.05, 0) is 39.8 Å². The molecule has 1 saturated heterocycles. The van der Waals surface area contributed by atoms with Crippen LogP contribution < -0.4 is 5.32 Å². The summed E-state index contributed by atoms with van der Waals surface area (Å²) in [5.41, 5.74) is -0.0520. The smallest absolute Gasteiger partial charge is 0.411 e. The number of ether oxygens (including phenoxy) is 1. The van der Waals surface area contributed by atoms with Crippen molar-refractivity contribution >= 4 is 17.7 Å². The van der Waals surface area contributed by atoms with E-state index >= 15 is 0 Å².